The Kier molecular flexibility index (Phi) is 9.87. The fourth-order valence-electron chi connectivity index (χ4n) is 2.95. The van der Waals surface area contributed by atoms with E-state index in [4.69, 9.17) is 4.74 Å². The van der Waals surface area contributed by atoms with Gasteiger partial charge in [0.05, 0.1) is 4.47 Å². The standard InChI is InChI=1S/C24H31BrN2O3/c1-4-6-7-11-23(28)26-19-9-8-10-20(15-19)27-24(29)16-30-22-13-12-18(14-21(22)25)17(3)5-2/h8-10,12-15,17H,4-7,11,16H2,1-3H3,(H,26,28)(H,27,29). The molecule has 2 N–H and O–H groups in total. The van der Waals surface area contributed by atoms with E-state index in [2.05, 4.69) is 47.3 Å². The van der Waals surface area contributed by atoms with Crippen LogP contribution in [0.2, 0.25) is 0 Å². The second-order valence-electron chi connectivity index (χ2n) is 7.42. The molecule has 2 aromatic carbocycles. The van der Waals surface area contributed by atoms with Gasteiger partial charge >= 0.3 is 0 Å². The minimum atomic E-state index is -0.265. The van der Waals surface area contributed by atoms with Crippen molar-refractivity contribution in [3.63, 3.8) is 0 Å². The number of carbonyl (C=O) groups excluding carboxylic acids is 2. The van der Waals surface area contributed by atoms with Crippen LogP contribution in [-0.2, 0) is 9.59 Å². The Morgan fingerprint density at radius 1 is 1.00 bits per heavy atom. The Hall–Kier alpha value is -2.34. The van der Waals surface area contributed by atoms with Crippen LogP contribution >= 0.6 is 15.9 Å². The zero-order valence-corrected chi connectivity index (χ0v) is 19.6. The molecule has 0 aromatic heterocycles. The average molecular weight is 475 g/mol. The van der Waals surface area contributed by atoms with Crippen molar-refractivity contribution in [3.05, 3.63) is 52.5 Å². The van der Waals surface area contributed by atoms with Gasteiger partial charge in [0.15, 0.2) is 6.61 Å². The summed E-state index contributed by atoms with van der Waals surface area (Å²) < 4.78 is 6.49. The molecule has 30 heavy (non-hydrogen) atoms. The van der Waals surface area contributed by atoms with Crippen molar-refractivity contribution < 1.29 is 14.3 Å². The Morgan fingerprint density at radius 2 is 1.70 bits per heavy atom. The van der Waals surface area contributed by atoms with Gasteiger partial charge in [-0.05, 0) is 70.6 Å². The van der Waals surface area contributed by atoms with Crippen LogP contribution in [0, 0.1) is 0 Å². The van der Waals surface area contributed by atoms with Gasteiger partial charge in [0.1, 0.15) is 5.75 Å². The summed E-state index contributed by atoms with van der Waals surface area (Å²) in [4.78, 5) is 24.3. The van der Waals surface area contributed by atoms with Crippen LogP contribution in [0.25, 0.3) is 0 Å². The topological polar surface area (TPSA) is 67.4 Å². The largest absolute Gasteiger partial charge is 0.483 e. The van der Waals surface area contributed by atoms with Crippen LogP contribution in [0.15, 0.2) is 46.9 Å². The second-order valence-corrected chi connectivity index (χ2v) is 8.28. The maximum Gasteiger partial charge on any atom is 0.262 e. The van der Waals surface area contributed by atoms with Crippen LogP contribution in [0.3, 0.4) is 0 Å². The van der Waals surface area contributed by atoms with Gasteiger partial charge in [0, 0.05) is 17.8 Å². The molecule has 0 aliphatic rings. The third kappa shape index (κ3) is 7.82. The number of anilines is 2. The molecule has 0 spiro atoms. The summed E-state index contributed by atoms with van der Waals surface area (Å²) in [5.74, 6) is 0.823. The number of amides is 2. The minimum Gasteiger partial charge on any atom is -0.483 e. The van der Waals surface area contributed by atoms with Gasteiger partial charge in [-0.25, -0.2) is 0 Å². The summed E-state index contributed by atoms with van der Waals surface area (Å²) in [7, 11) is 0. The van der Waals surface area contributed by atoms with Crippen LogP contribution in [0.1, 0.15) is 64.4 Å². The molecule has 1 unspecified atom stereocenters. The number of nitrogens with one attached hydrogen (secondary N) is 2. The quantitative estimate of drug-likeness (QED) is 0.365. The normalized spacial score (nSPS) is 11.6. The van der Waals surface area contributed by atoms with Crippen molar-refractivity contribution in [1.82, 2.24) is 0 Å². The van der Waals surface area contributed by atoms with Gasteiger partial charge in [-0.2, -0.15) is 0 Å². The van der Waals surface area contributed by atoms with Gasteiger partial charge in [-0.15, -0.1) is 0 Å². The van der Waals surface area contributed by atoms with Gasteiger partial charge in [0.2, 0.25) is 5.91 Å². The van der Waals surface area contributed by atoms with E-state index in [1.807, 2.05) is 18.2 Å². The molecule has 6 heteroatoms. The van der Waals surface area contributed by atoms with Gasteiger partial charge in [0.25, 0.3) is 5.91 Å². The minimum absolute atomic E-state index is 0.0130. The first kappa shape index (κ1) is 23.9. The maximum atomic E-state index is 12.3. The first-order valence-corrected chi connectivity index (χ1v) is 11.3. The van der Waals surface area contributed by atoms with Crippen LogP contribution in [0.5, 0.6) is 5.75 Å². The molecule has 0 fully saturated rings. The highest BCUT2D eigenvalue weighted by atomic mass is 79.9. The number of unbranched alkanes of at least 4 members (excludes halogenated alkanes) is 2. The van der Waals surface area contributed by atoms with Crippen LogP contribution in [0.4, 0.5) is 11.4 Å². The summed E-state index contributed by atoms with van der Waals surface area (Å²) in [6.45, 7) is 6.33. The predicted molar refractivity (Wildman–Crippen MR) is 126 cm³/mol. The van der Waals surface area contributed by atoms with E-state index in [1.165, 1.54) is 5.56 Å². The lowest BCUT2D eigenvalue weighted by Crippen LogP contribution is -2.20. The second kappa shape index (κ2) is 12.4. The van der Waals surface area contributed by atoms with E-state index >= 15 is 0 Å². The third-order valence-electron chi connectivity index (χ3n) is 4.93. The highest BCUT2D eigenvalue weighted by molar-refractivity contribution is 9.10. The number of benzene rings is 2. The molecule has 2 rings (SSSR count). The van der Waals surface area contributed by atoms with E-state index in [-0.39, 0.29) is 18.4 Å². The summed E-state index contributed by atoms with van der Waals surface area (Å²) in [5.41, 5.74) is 2.51. The van der Waals surface area contributed by atoms with Crippen molar-refractivity contribution in [2.24, 2.45) is 0 Å². The van der Waals surface area contributed by atoms with Crippen LogP contribution < -0.4 is 15.4 Å². The number of halogens is 1. The van der Waals surface area contributed by atoms with Crippen molar-refractivity contribution in [2.45, 2.75) is 58.8 Å². The first-order valence-electron chi connectivity index (χ1n) is 10.5. The Labute approximate surface area is 187 Å². The Morgan fingerprint density at radius 3 is 2.33 bits per heavy atom. The summed E-state index contributed by atoms with van der Waals surface area (Å²) in [6.07, 6.45) is 4.57. The summed E-state index contributed by atoms with van der Waals surface area (Å²) in [5, 5.41) is 5.68. The Balaban J connectivity index is 1.87. The lowest BCUT2D eigenvalue weighted by atomic mass is 9.99. The smallest absolute Gasteiger partial charge is 0.262 e. The molecule has 0 saturated carbocycles. The molecule has 0 bridgehead atoms. The van der Waals surface area contributed by atoms with Gasteiger partial charge < -0.3 is 15.4 Å². The maximum absolute atomic E-state index is 12.3. The SMILES string of the molecule is CCCCCC(=O)Nc1cccc(NC(=O)COc2ccc(C(C)CC)cc2Br)c1. The third-order valence-corrected chi connectivity index (χ3v) is 5.55. The molecular weight excluding hydrogens is 444 g/mol. The van der Waals surface area contributed by atoms with Crippen molar-refractivity contribution in [3.8, 4) is 5.75 Å². The molecule has 0 heterocycles. The number of hydrogen-bond acceptors (Lipinski definition) is 3. The summed E-state index contributed by atoms with van der Waals surface area (Å²) in [6, 6.07) is 13.1. The van der Waals surface area contributed by atoms with Crippen molar-refractivity contribution >= 4 is 39.1 Å². The zero-order chi connectivity index (χ0) is 21.9. The molecule has 162 valence electrons. The Bertz CT molecular complexity index is 854. The highest BCUT2D eigenvalue weighted by Gasteiger charge is 2.10. The van der Waals surface area contributed by atoms with Gasteiger partial charge in [-0.3, -0.25) is 9.59 Å². The molecule has 1 atom stereocenters. The molecule has 2 amide bonds. The van der Waals surface area contributed by atoms with E-state index in [0.29, 0.717) is 29.5 Å². The van der Waals surface area contributed by atoms with Crippen molar-refractivity contribution in [2.75, 3.05) is 17.2 Å². The fraction of sp³-hybridized carbons (Fsp3) is 0.417. The first-order chi connectivity index (χ1) is 14.4. The fourth-order valence-corrected chi connectivity index (χ4v) is 3.46. The monoisotopic (exact) mass is 474 g/mol. The van der Waals surface area contributed by atoms with Crippen molar-refractivity contribution in [1.29, 1.82) is 0 Å². The molecule has 0 radical (unpaired) electrons. The molecular formula is C24H31BrN2O3. The lowest BCUT2D eigenvalue weighted by molar-refractivity contribution is -0.118. The summed E-state index contributed by atoms with van der Waals surface area (Å²) >= 11 is 3.52. The number of carbonyl (C=O) groups is 2. The number of hydrogen-bond donors (Lipinski definition) is 2. The zero-order valence-electron chi connectivity index (χ0n) is 18.0. The molecule has 0 saturated heterocycles. The van der Waals surface area contributed by atoms with Crippen LogP contribution in [-0.4, -0.2) is 18.4 Å². The predicted octanol–water partition coefficient (Wildman–Crippen LogP) is 6.50. The van der Waals surface area contributed by atoms with E-state index < -0.39 is 0 Å². The number of ether oxygens (including phenoxy) is 1. The molecule has 0 aliphatic carbocycles. The highest BCUT2D eigenvalue weighted by Crippen LogP contribution is 2.30. The van der Waals surface area contributed by atoms with E-state index in [9.17, 15) is 9.59 Å². The van der Waals surface area contributed by atoms with Gasteiger partial charge in [-0.1, -0.05) is 45.7 Å². The van der Waals surface area contributed by atoms with E-state index in [1.54, 1.807) is 24.3 Å². The number of rotatable bonds is 11. The molecule has 0 aliphatic heterocycles. The lowest BCUT2D eigenvalue weighted by Gasteiger charge is -2.13. The molecule has 5 nitrogen and oxygen atoms in total. The average Bonchev–Trinajstić information content (AvgIpc) is 2.72. The van der Waals surface area contributed by atoms with E-state index in [0.717, 1.165) is 30.2 Å². The molecule has 2 aromatic rings.